The normalized spacial score (nSPS) is 14.8. The second-order valence-electron chi connectivity index (χ2n) is 4.19. The first-order valence-corrected chi connectivity index (χ1v) is 5.66. The molecular formula is C12H18N4. The number of anilines is 1. The van der Waals surface area contributed by atoms with E-state index in [1.54, 1.807) is 6.20 Å². The molecule has 1 aromatic heterocycles. The van der Waals surface area contributed by atoms with Crippen molar-refractivity contribution in [3.05, 3.63) is 30.7 Å². The third kappa shape index (κ3) is 3.03. The van der Waals surface area contributed by atoms with Crippen molar-refractivity contribution in [1.82, 2.24) is 15.3 Å². The summed E-state index contributed by atoms with van der Waals surface area (Å²) in [6.45, 7) is 5.31. The summed E-state index contributed by atoms with van der Waals surface area (Å²) in [5.41, 5.74) is 1.00. The van der Waals surface area contributed by atoms with E-state index in [9.17, 15) is 0 Å². The zero-order valence-electron chi connectivity index (χ0n) is 9.69. The third-order valence-electron chi connectivity index (χ3n) is 2.61. The van der Waals surface area contributed by atoms with Gasteiger partial charge in [0.15, 0.2) is 0 Å². The molecule has 1 aromatic rings. The average Bonchev–Trinajstić information content (AvgIpc) is 3.11. The molecule has 0 radical (unpaired) electrons. The number of nitrogens with zero attached hydrogens (tertiary/aromatic N) is 3. The molecular weight excluding hydrogens is 200 g/mol. The Balaban J connectivity index is 1.96. The van der Waals surface area contributed by atoms with E-state index in [0.29, 0.717) is 6.04 Å². The summed E-state index contributed by atoms with van der Waals surface area (Å²) < 4.78 is 0. The Labute approximate surface area is 96.4 Å². The quantitative estimate of drug-likeness (QED) is 0.732. The van der Waals surface area contributed by atoms with E-state index < -0.39 is 0 Å². The van der Waals surface area contributed by atoms with Crippen LogP contribution < -0.4 is 10.2 Å². The van der Waals surface area contributed by atoms with Gasteiger partial charge in [0.2, 0.25) is 0 Å². The number of hydrogen-bond acceptors (Lipinski definition) is 4. The van der Waals surface area contributed by atoms with Crippen molar-refractivity contribution in [2.75, 3.05) is 18.5 Å². The highest BCUT2D eigenvalue weighted by molar-refractivity contribution is 5.35. The van der Waals surface area contributed by atoms with E-state index >= 15 is 0 Å². The summed E-state index contributed by atoms with van der Waals surface area (Å²) in [5, 5.41) is 3.43. The van der Waals surface area contributed by atoms with Gasteiger partial charge in [-0.3, -0.25) is 4.98 Å². The number of hydrogen-bond donors (Lipinski definition) is 1. The van der Waals surface area contributed by atoms with Crippen LogP contribution in [0.4, 0.5) is 5.82 Å². The maximum absolute atomic E-state index is 4.54. The van der Waals surface area contributed by atoms with Gasteiger partial charge < -0.3 is 10.2 Å². The molecule has 4 heteroatoms. The minimum atomic E-state index is 0.705. The van der Waals surface area contributed by atoms with Crippen molar-refractivity contribution in [3.8, 4) is 0 Å². The fourth-order valence-corrected chi connectivity index (χ4v) is 1.49. The van der Waals surface area contributed by atoms with Crippen LogP contribution in [0.15, 0.2) is 25.0 Å². The molecule has 0 atom stereocenters. The maximum Gasteiger partial charge on any atom is 0.147 e. The van der Waals surface area contributed by atoms with Gasteiger partial charge in [-0.1, -0.05) is 6.08 Å². The van der Waals surface area contributed by atoms with E-state index in [4.69, 9.17) is 0 Å². The standard InChI is InChI=1S/C12H18N4/c1-3-6-16(2)12-9-13-7-11(15-12)8-14-10-4-5-10/h3,7,9-10,14H,1,4-6,8H2,2H3. The topological polar surface area (TPSA) is 41.1 Å². The van der Waals surface area contributed by atoms with Crippen molar-refractivity contribution in [2.45, 2.75) is 25.4 Å². The van der Waals surface area contributed by atoms with E-state index in [-0.39, 0.29) is 0 Å². The Bertz CT molecular complexity index is 360. The molecule has 1 heterocycles. The molecule has 0 amide bonds. The lowest BCUT2D eigenvalue weighted by atomic mass is 10.4. The van der Waals surface area contributed by atoms with Crippen LogP contribution in [0.3, 0.4) is 0 Å². The first-order chi connectivity index (χ1) is 7.79. The second-order valence-corrected chi connectivity index (χ2v) is 4.19. The predicted molar refractivity (Wildman–Crippen MR) is 65.4 cm³/mol. The summed E-state index contributed by atoms with van der Waals surface area (Å²) in [5.74, 6) is 0.898. The highest BCUT2D eigenvalue weighted by Crippen LogP contribution is 2.19. The van der Waals surface area contributed by atoms with Gasteiger partial charge in [-0.05, 0) is 12.8 Å². The molecule has 2 rings (SSSR count). The Morgan fingerprint density at radius 2 is 2.38 bits per heavy atom. The van der Waals surface area contributed by atoms with Crippen LogP contribution in [-0.4, -0.2) is 29.6 Å². The van der Waals surface area contributed by atoms with Crippen molar-refractivity contribution in [2.24, 2.45) is 0 Å². The average molecular weight is 218 g/mol. The van der Waals surface area contributed by atoms with Crippen LogP contribution in [-0.2, 0) is 6.54 Å². The highest BCUT2D eigenvalue weighted by atomic mass is 15.2. The van der Waals surface area contributed by atoms with Crippen LogP contribution in [0, 0.1) is 0 Å². The van der Waals surface area contributed by atoms with Crippen molar-refractivity contribution >= 4 is 5.82 Å². The fourth-order valence-electron chi connectivity index (χ4n) is 1.49. The molecule has 0 unspecified atom stereocenters. The number of nitrogens with one attached hydrogen (secondary N) is 1. The molecule has 1 saturated carbocycles. The molecule has 0 aromatic carbocycles. The fraction of sp³-hybridized carbons (Fsp3) is 0.500. The van der Waals surface area contributed by atoms with Crippen LogP contribution in [0.2, 0.25) is 0 Å². The summed E-state index contributed by atoms with van der Waals surface area (Å²) >= 11 is 0. The Morgan fingerprint density at radius 1 is 1.56 bits per heavy atom. The van der Waals surface area contributed by atoms with Gasteiger partial charge in [0.25, 0.3) is 0 Å². The lowest BCUT2D eigenvalue weighted by Crippen LogP contribution is -2.21. The van der Waals surface area contributed by atoms with E-state index in [2.05, 4.69) is 21.9 Å². The van der Waals surface area contributed by atoms with Crippen molar-refractivity contribution in [1.29, 1.82) is 0 Å². The molecule has 1 aliphatic carbocycles. The Morgan fingerprint density at radius 3 is 3.06 bits per heavy atom. The van der Waals surface area contributed by atoms with E-state index in [1.807, 2.05) is 24.2 Å². The summed E-state index contributed by atoms with van der Waals surface area (Å²) in [6, 6.07) is 0.705. The predicted octanol–water partition coefficient (Wildman–Crippen LogP) is 1.35. The first-order valence-electron chi connectivity index (χ1n) is 5.66. The maximum atomic E-state index is 4.54. The molecule has 0 bridgehead atoms. The van der Waals surface area contributed by atoms with Crippen molar-refractivity contribution < 1.29 is 0 Å². The lowest BCUT2D eigenvalue weighted by molar-refractivity contribution is 0.671. The van der Waals surface area contributed by atoms with E-state index in [1.165, 1.54) is 12.8 Å². The second kappa shape index (κ2) is 5.07. The van der Waals surface area contributed by atoms with Gasteiger partial charge in [0, 0.05) is 32.4 Å². The van der Waals surface area contributed by atoms with Gasteiger partial charge >= 0.3 is 0 Å². The first kappa shape index (κ1) is 11.1. The monoisotopic (exact) mass is 218 g/mol. The molecule has 1 fully saturated rings. The van der Waals surface area contributed by atoms with Gasteiger partial charge in [-0.2, -0.15) is 0 Å². The molecule has 1 aliphatic rings. The molecule has 1 N–H and O–H groups in total. The van der Waals surface area contributed by atoms with Crippen LogP contribution in [0.1, 0.15) is 18.5 Å². The number of aromatic nitrogens is 2. The Hall–Kier alpha value is -1.42. The molecule has 0 aliphatic heterocycles. The summed E-state index contributed by atoms with van der Waals surface area (Å²) in [6.07, 6.45) is 8.05. The molecule has 0 saturated heterocycles. The largest absolute Gasteiger partial charge is 0.355 e. The van der Waals surface area contributed by atoms with E-state index in [0.717, 1.165) is 24.6 Å². The zero-order chi connectivity index (χ0) is 11.4. The van der Waals surface area contributed by atoms with Gasteiger partial charge in [0.1, 0.15) is 5.82 Å². The third-order valence-corrected chi connectivity index (χ3v) is 2.61. The minimum absolute atomic E-state index is 0.705. The molecule has 16 heavy (non-hydrogen) atoms. The summed E-state index contributed by atoms with van der Waals surface area (Å²) in [4.78, 5) is 10.8. The Kier molecular flexibility index (Phi) is 3.51. The van der Waals surface area contributed by atoms with Crippen LogP contribution in [0.25, 0.3) is 0 Å². The summed E-state index contributed by atoms with van der Waals surface area (Å²) in [7, 11) is 1.99. The molecule has 0 spiro atoms. The lowest BCUT2D eigenvalue weighted by Gasteiger charge is -2.15. The van der Waals surface area contributed by atoms with Gasteiger partial charge in [0.05, 0.1) is 11.9 Å². The van der Waals surface area contributed by atoms with Gasteiger partial charge in [-0.15, -0.1) is 6.58 Å². The number of likely N-dealkylation sites (N-methyl/N-ethyl adjacent to an activating group) is 1. The minimum Gasteiger partial charge on any atom is -0.355 e. The smallest absolute Gasteiger partial charge is 0.147 e. The molecule has 86 valence electrons. The molecule has 4 nitrogen and oxygen atoms in total. The van der Waals surface area contributed by atoms with Crippen LogP contribution in [0.5, 0.6) is 0 Å². The van der Waals surface area contributed by atoms with Crippen molar-refractivity contribution in [3.63, 3.8) is 0 Å². The van der Waals surface area contributed by atoms with Crippen LogP contribution >= 0.6 is 0 Å². The van der Waals surface area contributed by atoms with Gasteiger partial charge in [-0.25, -0.2) is 4.98 Å². The zero-order valence-corrected chi connectivity index (χ0v) is 9.69. The highest BCUT2D eigenvalue weighted by Gasteiger charge is 2.20. The number of rotatable bonds is 6. The SMILES string of the molecule is C=CCN(C)c1cncc(CNC2CC2)n1.